The Morgan fingerprint density at radius 3 is 2.32 bits per heavy atom. The second-order valence-corrected chi connectivity index (χ2v) is 6.47. The summed E-state index contributed by atoms with van der Waals surface area (Å²) in [6.07, 6.45) is 1.72. The first-order valence-corrected chi connectivity index (χ1v) is 8.67. The van der Waals surface area contributed by atoms with Crippen LogP contribution in [0, 0.1) is 6.92 Å². The van der Waals surface area contributed by atoms with E-state index in [0.717, 1.165) is 27.3 Å². The average molecular weight is 346 g/mol. The van der Waals surface area contributed by atoms with Gasteiger partial charge < -0.3 is 4.74 Å². The summed E-state index contributed by atoms with van der Waals surface area (Å²) >= 11 is 1.47. The minimum Gasteiger partial charge on any atom is -0.402 e. The zero-order valence-corrected chi connectivity index (χ0v) is 14.3. The zero-order chi connectivity index (χ0) is 17.2. The number of carbonyl (C=O) groups excluding carboxylic acids is 1. The standard InChI is InChI=1S/C20H14N2O2S/c1-13-18(25-12-21-13)11-17-20(23)24-19(22-17)16-9-7-15(8-10-16)14-5-3-2-4-6-14/h2-12H,1H3/b17-11+. The minimum absolute atomic E-state index is 0.300. The van der Waals surface area contributed by atoms with Crippen molar-refractivity contribution in [2.45, 2.75) is 6.92 Å². The van der Waals surface area contributed by atoms with E-state index in [1.165, 1.54) is 11.3 Å². The van der Waals surface area contributed by atoms with Gasteiger partial charge in [0.1, 0.15) is 0 Å². The highest BCUT2D eigenvalue weighted by molar-refractivity contribution is 7.10. The predicted molar refractivity (Wildman–Crippen MR) is 99.3 cm³/mol. The van der Waals surface area contributed by atoms with E-state index >= 15 is 0 Å². The number of ether oxygens (including phenoxy) is 1. The molecule has 1 aromatic heterocycles. The Morgan fingerprint density at radius 1 is 0.960 bits per heavy atom. The third kappa shape index (κ3) is 3.14. The molecule has 3 aromatic rings. The third-order valence-electron chi connectivity index (χ3n) is 3.91. The molecule has 1 aliphatic heterocycles. The minimum atomic E-state index is -0.435. The quantitative estimate of drug-likeness (QED) is 0.519. The summed E-state index contributed by atoms with van der Waals surface area (Å²) in [7, 11) is 0. The lowest BCUT2D eigenvalue weighted by Gasteiger charge is -2.03. The molecule has 0 N–H and O–H groups in total. The molecule has 122 valence electrons. The number of nitrogens with zero attached hydrogens (tertiary/aromatic N) is 2. The molecule has 5 heteroatoms. The van der Waals surface area contributed by atoms with Gasteiger partial charge in [0.2, 0.25) is 5.90 Å². The topological polar surface area (TPSA) is 51.6 Å². The summed E-state index contributed by atoms with van der Waals surface area (Å²) in [6, 6.07) is 17.9. The summed E-state index contributed by atoms with van der Waals surface area (Å²) in [5.74, 6) is -0.104. The van der Waals surface area contributed by atoms with Crippen LogP contribution in [0.5, 0.6) is 0 Å². The predicted octanol–water partition coefficient (Wildman–Crippen LogP) is 4.46. The van der Waals surface area contributed by atoms with E-state index in [4.69, 9.17) is 4.74 Å². The van der Waals surface area contributed by atoms with E-state index in [1.807, 2.05) is 49.4 Å². The van der Waals surface area contributed by atoms with Crippen LogP contribution >= 0.6 is 11.3 Å². The van der Waals surface area contributed by atoms with Gasteiger partial charge in [-0.2, -0.15) is 0 Å². The molecular weight excluding hydrogens is 332 g/mol. The van der Waals surface area contributed by atoms with Crippen LogP contribution < -0.4 is 0 Å². The molecule has 0 radical (unpaired) electrons. The van der Waals surface area contributed by atoms with Gasteiger partial charge in [0.05, 0.1) is 16.1 Å². The van der Waals surface area contributed by atoms with Gasteiger partial charge in [-0.05, 0) is 36.3 Å². The number of hydrogen-bond donors (Lipinski definition) is 0. The molecule has 1 aliphatic rings. The number of benzene rings is 2. The number of aryl methyl sites for hydroxylation is 1. The fourth-order valence-corrected chi connectivity index (χ4v) is 3.27. The van der Waals surface area contributed by atoms with Crippen molar-refractivity contribution in [1.82, 2.24) is 4.98 Å². The Balaban J connectivity index is 1.62. The molecule has 0 fully saturated rings. The Hall–Kier alpha value is -3.05. The third-order valence-corrected chi connectivity index (χ3v) is 4.79. The number of aliphatic imine (C=N–C) groups is 1. The molecule has 2 aromatic carbocycles. The van der Waals surface area contributed by atoms with Crippen molar-refractivity contribution in [3.63, 3.8) is 0 Å². The first-order chi connectivity index (χ1) is 12.2. The van der Waals surface area contributed by atoms with Crippen LogP contribution in [0.3, 0.4) is 0 Å². The summed E-state index contributed by atoms with van der Waals surface area (Å²) < 4.78 is 5.32. The molecule has 0 spiro atoms. The Kier molecular flexibility index (Phi) is 3.99. The van der Waals surface area contributed by atoms with E-state index in [0.29, 0.717) is 11.6 Å². The van der Waals surface area contributed by atoms with E-state index in [2.05, 4.69) is 22.1 Å². The monoisotopic (exact) mass is 346 g/mol. The van der Waals surface area contributed by atoms with Crippen LogP contribution in [0.2, 0.25) is 0 Å². The summed E-state index contributed by atoms with van der Waals surface area (Å²) in [5, 5.41) is 0. The molecule has 0 atom stereocenters. The smallest absolute Gasteiger partial charge is 0.363 e. The summed E-state index contributed by atoms with van der Waals surface area (Å²) in [6.45, 7) is 1.90. The van der Waals surface area contributed by atoms with Crippen LogP contribution in [0.25, 0.3) is 17.2 Å². The van der Waals surface area contributed by atoms with Gasteiger partial charge >= 0.3 is 5.97 Å². The van der Waals surface area contributed by atoms with Crippen molar-refractivity contribution in [3.8, 4) is 11.1 Å². The van der Waals surface area contributed by atoms with Crippen LogP contribution in [-0.2, 0) is 9.53 Å². The van der Waals surface area contributed by atoms with Crippen molar-refractivity contribution in [2.75, 3.05) is 0 Å². The van der Waals surface area contributed by atoms with Crippen LogP contribution in [0.4, 0.5) is 0 Å². The van der Waals surface area contributed by atoms with E-state index in [1.54, 1.807) is 11.6 Å². The first-order valence-electron chi connectivity index (χ1n) is 7.79. The maximum atomic E-state index is 12.1. The fourth-order valence-electron chi connectivity index (χ4n) is 2.54. The molecule has 0 aliphatic carbocycles. The molecule has 0 saturated carbocycles. The van der Waals surface area contributed by atoms with Crippen molar-refractivity contribution in [1.29, 1.82) is 0 Å². The van der Waals surface area contributed by atoms with Gasteiger partial charge in [0, 0.05) is 5.56 Å². The SMILES string of the molecule is Cc1ncsc1/C=C1/N=C(c2ccc(-c3ccccc3)cc2)OC1=O. The number of hydrogen-bond acceptors (Lipinski definition) is 5. The number of carbonyl (C=O) groups is 1. The summed E-state index contributed by atoms with van der Waals surface area (Å²) in [5.41, 5.74) is 5.94. The zero-order valence-electron chi connectivity index (χ0n) is 13.5. The first kappa shape index (κ1) is 15.5. The maximum Gasteiger partial charge on any atom is 0.363 e. The lowest BCUT2D eigenvalue weighted by Crippen LogP contribution is -2.05. The highest BCUT2D eigenvalue weighted by Crippen LogP contribution is 2.24. The van der Waals surface area contributed by atoms with Crippen LogP contribution in [0.15, 0.2) is 70.8 Å². The number of thiazole rings is 1. The van der Waals surface area contributed by atoms with E-state index < -0.39 is 5.97 Å². The lowest BCUT2D eigenvalue weighted by atomic mass is 10.0. The van der Waals surface area contributed by atoms with Crippen LogP contribution in [-0.4, -0.2) is 16.9 Å². The van der Waals surface area contributed by atoms with Gasteiger partial charge in [-0.15, -0.1) is 11.3 Å². The average Bonchev–Trinajstić information content (AvgIpc) is 3.22. The number of esters is 1. The largest absolute Gasteiger partial charge is 0.402 e. The second kappa shape index (κ2) is 6.45. The Morgan fingerprint density at radius 2 is 1.64 bits per heavy atom. The van der Waals surface area contributed by atoms with Gasteiger partial charge in [-0.25, -0.2) is 14.8 Å². The van der Waals surface area contributed by atoms with Gasteiger partial charge in [-0.1, -0.05) is 42.5 Å². The molecule has 0 amide bonds. The molecule has 0 bridgehead atoms. The highest BCUT2D eigenvalue weighted by atomic mass is 32.1. The highest BCUT2D eigenvalue weighted by Gasteiger charge is 2.24. The van der Waals surface area contributed by atoms with Crippen molar-refractivity contribution in [3.05, 3.63) is 81.9 Å². The van der Waals surface area contributed by atoms with Crippen molar-refractivity contribution >= 4 is 29.3 Å². The Bertz CT molecular complexity index is 986. The fraction of sp³-hybridized carbons (Fsp3) is 0.0500. The molecule has 25 heavy (non-hydrogen) atoms. The molecule has 0 saturated heterocycles. The van der Waals surface area contributed by atoms with Gasteiger partial charge in [-0.3, -0.25) is 0 Å². The molecule has 2 heterocycles. The van der Waals surface area contributed by atoms with Gasteiger partial charge in [0.25, 0.3) is 0 Å². The normalized spacial score (nSPS) is 15.3. The van der Waals surface area contributed by atoms with E-state index in [9.17, 15) is 4.79 Å². The number of aromatic nitrogens is 1. The van der Waals surface area contributed by atoms with Crippen molar-refractivity contribution < 1.29 is 9.53 Å². The second-order valence-electron chi connectivity index (χ2n) is 5.58. The van der Waals surface area contributed by atoms with Crippen LogP contribution in [0.1, 0.15) is 16.1 Å². The summed E-state index contributed by atoms with van der Waals surface area (Å²) in [4.78, 5) is 21.5. The molecule has 0 unspecified atom stereocenters. The molecule has 4 rings (SSSR count). The maximum absolute atomic E-state index is 12.1. The number of cyclic esters (lactones) is 1. The number of rotatable bonds is 3. The van der Waals surface area contributed by atoms with E-state index in [-0.39, 0.29) is 0 Å². The van der Waals surface area contributed by atoms with Gasteiger partial charge in [0.15, 0.2) is 5.70 Å². The lowest BCUT2D eigenvalue weighted by molar-refractivity contribution is -0.129. The molecular formula is C20H14N2O2S. The Labute approximate surface area is 149 Å². The van der Waals surface area contributed by atoms with Crippen molar-refractivity contribution in [2.24, 2.45) is 4.99 Å². The molecule has 4 nitrogen and oxygen atoms in total.